The molecule has 0 radical (unpaired) electrons. The van der Waals surface area contributed by atoms with Gasteiger partial charge in [0.15, 0.2) is 0 Å². The molecule has 0 saturated carbocycles. The van der Waals surface area contributed by atoms with Crippen LogP contribution in [-0.2, 0) is 22.7 Å². The Balaban J connectivity index is 0.919. The average Bonchev–Trinajstić information content (AvgIpc) is 3.38. The number of piperidine rings is 2. The van der Waals surface area contributed by atoms with Crippen molar-refractivity contribution in [2.45, 2.75) is 56.9 Å². The highest BCUT2D eigenvalue weighted by atomic mass is 16.2. The molecule has 3 aromatic carbocycles. The van der Waals surface area contributed by atoms with Gasteiger partial charge in [-0.25, -0.2) is 0 Å². The molecule has 3 aromatic rings. The molecule has 228 valence electrons. The third-order valence-corrected chi connectivity index (χ3v) is 10.0. The number of amides is 3. The van der Waals surface area contributed by atoms with Crippen LogP contribution < -0.4 is 5.32 Å². The summed E-state index contributed by atoms with van der Waals surface area (Å²) in [4.78, 5) is 46.5. The number of likely N-dealkylation sites (tertiary alicyclic amines) is 1. The Kier molecular flexibility index (Phi) is 8.30. The number of hydrogen-bond acceptors (Lipinski definition) is 6. The van der Waals surface area contributed by atoms with E-state index in [1.54, 1.807) is 4.90 Å². The second-order valence-corrected chi connectivity index (χ2v) is 12.7. The Morgan fingerprint density at radius 2 is 1.41 bits per heavy atom. The Morgan fingerprint density at radius 1 is 0.750 bits per heavy atom. The predicted octanol–water partition coefficient (Wildman–Crippen LogP) is 3.82. The fraction of sp³-hybridized carbons (Fsp3) is 0.417. The fourth-order valence-corrected chi connectivity index (χ4v) is 7.67. The van der Waals surface area contributed by atoms with Crippen molar-refractivity contribution in [2.75, 3.05) is 39.3 Å². The monoisotopic (exact) mass is 591 g/mol. The van der Waals surface area contributed by atoms with Gasteiger partial charge in [0.1, 0.15) is 6.04 Å². The molecule has 4 heterocycles. The normalized spacial score (nSPS) is 22.4. The zero-order valence-electron chi connectivity index (χ0n) is 25.2. The van der Waals surface area contributed by atoms with E-state index in [0.29, 0.717) is 30.6 Å². The first kappa shape index (κ1) is 28.9. The number of nitrogens with one attached hydrogen (secondary N) is 1. The van der Waals surface area contributed by atoms with Gasteiger partial charge in [-0.15, -0.1) is 0 Å². The molecule has 3 fully saturated rings. The van der Waals surface area contributed by atoms with Gasteiger partial charge in [-0.2, -0.15) is 0 Å². The van der Waals surface area contributed by atoms with Crippen LogP contribution in [0.4, 0.5) is 0 Å². The highest BCUT2D eigenvalue weighted by molar-refractivity contribution is 6.05. The zero-order chi connectivity index (χ0) is 30.0. The lowest BCUT2D eigenvalue weighted by Gasteiger charge is -2.45. The van der Waals surface area contributed by atoms with Gasteiger partial charge in [0.05, 0.1) is 6.04 Å². The zero-order valence-corrected chi connectivity index (χ0v) is 25.2. The van der Waals surface area contributed by atoms with E-state index in [4.69, 9.17) is 0 Å². The second-order valence-electron chi connectivity index (χ2n) is 12.7. The minimum absolute atomic E-state index is 0.110. The molecule has 0 aromatic heterocycles. The van der Waals surface area contributed by atoms with Crippen LogP contribution in [0, 0.1) is 0 Å². The third-order valence-electron chi connectivity index (χ3n) is 10.0. The van der Waals surface area contributed by atoms with E-state index in [1.807, 2.05) is 6.07 Å². The standard InChI is InChI=1S/C36H41N5O3/c42-33-14-13-32(35(43)37-33)41-25-29-23-26(11-12-31(29)36(41)44)24-38-17-15-30(16-18-38)39-19-21-40(22-20-39)34(27-7-3-1-4-8-27)28-9-5-2-6-10-28/h1-12,23,30,32,34H,13-22,24-25H2,(H,37,42,43). The van der Waals surface area contributed by atoms with E-state index in [1.165, 1.54) is 29.5 Å². The van der Waals surface area contributed by atoms with Gasteiger partial charge in [0.25, 0.3) is 5.91 Å². The molecule has 0 bridgehead atoms. The summed E-state index contributed by atoms with van der Waals surface area (Å²) in [6.07, 6.45) is 3.01. The van der Waals surface area contributed by atoms with Crippen molar-refractivity contribution in [3.63, 3.8) is 0 Å². The number of imide groups is 1. The van der Waals surface area contributed by atoms with Crippen molar-refractivity contribution in [3.05, 3.63) is 107 Å². The lowest BCUT2D eigenvalue weighted by molar-refractivity contribution is -0.136. The lowest BCUT2D eigenvalue weighted by Crippen LogP contribution is -2.53. The van der Waals surface area contributed by atoms with E-state index < -0.39 is 6.04 Å². The van der Waals surface area contributed by atoms with Crippen molar-refractivity contribution in [2.24, 2.45) is 0 Å². The molecule has 8 nitrogen and oxygen atoms in total. The fourth-order valence-electron chi connectivity index (χ4n) is 7.67. The molecule has 8 heteroatoms. The van der Waals surface area contributed by atoms with E-state index in [2.05, 4.69) is 92.8 Å². The van der Waals surface area contributed by atoms with Crippen LogP contribution in [-0.4, -0.2) is 88.7 Å². The molecular weight excluding hydrogens is 550 g/mol. The van der Waals surface area contributed by atoms with E-state index in [-0.39, 0.29) is 24.1 Å². The first-order valence-corrected chi connectivity index (χ1v) is 16.1. The van der Waals surface area contributed by atoms with Gasteiger partial charge in [-0.1, -0.05) is 72.8 Å². The molecule has 4 aliphatic rings. The molecule has 7 rings (SSSR count). The number of piperazine rings is 1. The predicted molar refractivity (Wildman–Crippen MR) is 169 cm³/mol. The minimum atomic E-state index is -0.570. The topological polar surface area (TPSA) is 76.2 Å². The SMILES string of the molecule is O=C1CCC(N2Cc3cc(CN4CCC(N5CCN(C(c6ccccc6)c6ccccc6)CC5)CC4)ccc3C2=O)C(=O)N1. The van der Waals surface area contributed by atoms with Crippen molar-refractivity contribution in [3.8, 4) is 0 Å². The third kappa shape index (κ3) is 5.94. The van der Waals surface area contributed by atoms with Crippen LogP contribution in [0.15, 0.2) is 78.9 Å². The molecule has 1 N–H and O–H groups in total. The Labute approximate surface area is 259 Å². The maximum atomic E-state index is 13.1. The number of nitrogens with zero attached hydrogens (tertiary/aromatic N) is 4. The van der Waals surface area contributed by atoms with Crippen LogP contribution in [0.1, 0.15) is 64.3 Å². The van der Waals surface area contributed by atoms with Gasteiger partial charge >= 0.3 is 0 Å². The molecule has 1 atom stereocenters. The largest absolute Gasteiger partial charge is 0.322 e. The minimum Gasteiger partial charge on any atom is -0.322 e. The van der Waals surface area contributed by atoms with Gasteiger partial charge in [0, 0.05) is 57.3 Å². The molecule has 4 aliphatic heterocycles. The lowest BCUT2D eigenvalue weighted by atomic mass is 9.95. The number of benzene rings is 3. The van der Waals surface area contributed by atoms with Crippen LogP contribution in [0.2, 0.25) is 0 Å². The summed E-state index contributed by atoms with van der Waals surface area (Å²) in [6, 6.07) is 28.3. The number of carbonyl (C=O) groups excluding carboxylic acids is 3. The molecule has 3 saturated heterocycles. The van der Waals surface area contributed by atoms with Crippen LogP contribution >= 0.6 is 0 Å². The molecule has 0 aliphatic carbocycles. The summed E-state index contributed by atoms with van der Waals surface area (Å²) < 4.78 is 0. The van der Waals surface area contributed by atoms with Gasteiger partial charge in [-0.05, 0) is 60.7 Å². The molecule has 44 heavy (non-hydrogen) atoms. The number of carbonyl (C=O) groups is 3. The summed E-state index contributed by atoms with van der Waals surface area (Å²) >= 11 is 0. The van der Waals surface area contributed by atoms with E-state index >= 15 is 0 Å². The van der Waals surface area contributed by atoms with Crippen molar-refractivity contribution in [1.82, 2.24) is 24.9 Å². The van der Waals surface area contributed by atoms with Crippen LogP contribution in [0.5, 0.6) is 0 Å². The van der Waals surface area contributed by atoms with Gasteiger partial charge in [0.2, 0.25) is 11.8 Å². The quantitative estimate of drug-likeness (QED) is 0.421. The number of fused-ring (bicyclic) bond motifs is 1. The van der Waals surface area contributed by atoms with Crippen molar-refractivity contribution in [1.29, 1.82) is 0 Å². The van der Waals surface area contributed by atoms with Crippen LogP contribution in [0.25, 0.3) is 0 Å². The highest BCUT2D eigenvalue weighted by Crippen LogP contribution is 2.32. The number of hydrogen-bond donors (Lipinski definition) is 1. The maximum Gasteiger partial charge on any atom is 0.255 e. The Bertz CT molecular complexity index is 1460. The molecular formula is C36H41N5O3. The van der Waals surface area contributed by atoms with Crippen LogP contribution in [0.3, 0.4) is 0 Å². The number of rotatable bonds is 7. The summed E-state index contributed by atoms with van der Waals surface area (Å²) in [6.45, 7) is 7.78. The van der Waals surface area contributed by atoms with E-state index in [0.717, 1.165) is 51.4 Å². The highest BCUT2D eigenvalue weighted by Gasteiger charge is 2.39. The van der Waals surface area contributed by atoms with Crippen molar-refractivity contribution >= 4 is 17.7 Å². The maximum absolute atomic E-state index is 13.1. The molecule has 1 unspecified atom stereocenters. The van der Waals surface area contributed by atoms with E-state index in [9.17, 15) is 14.4 Å². The van der Waals surface area contributed by atoms with Crippen molar-refractivity contribution < 1.29 is 14.4 Å². The molecule has 3 amide bonds. The van der Waals surface area contributed by atoms with Gasteiger partial charge in [-0.3, -0.25) is 34.4 Å². The summed E-state index contributed by atoms with van der Waals surface area (Å²) in [7, 11) is 0. The summed E-state index contributed by atoms with van der Waals surface area (Å²) in [5, 5.41) is 2.38. The Hall–Kier alpha value is -3.85. The Morgan fingerprint density at radius 3 is 2.05 bits per heavy atom. The van der Waals surface area contributed by atoms with Gasteiger partial charge < -0.3 is 4.90 Å². The molecule has 0 spiro atoms. The first-order chi connectivity index (χ1) is 21.5. The summed E-state index contributed by atoms with van der Waals surface area (Å²) in [5.74, 6) is -0.733. The average molecular weight is 592 g/mol. The second kappa shape index (κ2) is 12.6. The summed E-state index contributed by atoms with van der Waals surface area (Å²) in [5.41, 5.74) is 5.59. The smallest absolute Gasteiger partial charge is 0.255 e. The first-order valence-electron chi connectivity index (χ1n) is 16.1.